The van der Waals surface area contributed by atoms with Crippen molar-refractivity contribution in [3.05, 3.63) is 59.7 Å². The molecule has 3 rings (SSSR count). The summed E-state index contributed by atoms with van der Waals surface area (Å²) in [5.74, 6) is 0.229. The minimum absolute atomic E-state index is 0.214. The van der Waals surface area contributed by atoms with Crippen LogP contribution >= 0.6 is 0 Å². The van der Waals surface area contributed by atoms with Crippen molar-refractivity contribution >= 4 is 5.97 Å². The van der Waals surface area contributed by atoms with Gasteiger partial charge in [0.25, 0.3) is 0 Å². The van der Waals surface area contributed by atoms with Gasteiger partial charge in [0.15, 0.2) is 6.29 Å². The number of esters is 1. The monoisotopic (exact) mass is 339 g/mol. The number of ether oxygens (including phenoxy) is 4. The second-order valence-electron chi connectivity index (χ2n) is 5.53. The van der Waals surface area contributed by atoms with Crippen molar-refractivity contribution in [3.63, 3.8) is 0 Å². The smallest absolute Gasteiger partial charge is 0.319 e. The van der Waals surface area contributed by atoms with Gasteiger partial charge in [0.05, 0.1) is 32.0 Å². The fourth-order valence-electron chi connectivity index (χ4n) is 2.39. The van der Waals surface area contributed by atoms with Crippen LogP contribution in [0.1, 0.15) is 17.4 Å². The molecule has 1 saturated heterocycles. The highest BCUT2D eigenvalue weighted by Crippen LogP contribution is 2.27. The van der Waals surface area contributed by atoms with Crippen LogP contribution < -0.4 is 9.47 Å². The summed E-state index contributed by atoms with van der Waals surface area (Å²) >= 11 is 0. The average molecular weight is 339 g/mol. The van der Waals surface area contributed by atoms with E-state index in [2.05, 4.69) is 0 Å². The number of nitriles is 1. The zero-order valence-corrected chi connectivity index (χ0v) is 13.7. The topological polar surface area (TPSA) is 77.8 Å². The molecule has 128 valence electrons. The van der Waals surface area contributed by atoms with Crippen molar-refractivity contribution in [3.8, 4) is 17.6 Å². The maximum absolute atomic E-state index is 12.2. The SMILES string of the molecule is COc1ccc(C2OCC(C(=O)Oc3ccc(C#N)cc3)CO2)cc1. The molecule has 0 bridgehead atoms. The summed E-state index contributed by atoms with van der Waals surface area (Å²) in [7, 11) is 1.60. The van der Waals surface area contributed by atoms with Crippen LogP contribution in [0.4, 0.5) is 0 Å². The van der Waals surface area contributed by atoms with Crippen molar-refractivity contribution in [1.29, 1.82) is 5.26 Å². The molecule has 6 nitrogen and oxygen atoms in total. The fourth-order valence-corrected chi connectivity index (χ4v) is 2.39. The van der Waals surface area contributed by atoms with E-state index in [0.29, 0.717) is 11.3 Å². The van der Waals surface area contributed by atoms with Crippen LogP contribution in [0.2, 0.25) is 0 Å². The number of hydrogen-bond acceptors (Lipinski definition) is 6. The van der Waals surface area contributed by atoms with Gasteiger partial charge in [0.2, 0.25) is 0 Å². The quantitative estimate of drug-likeness (QED) is 0.630. The third-order valence-electron chi connectivity index (χ3n) is 3.82. The predicted molar refractivity (Wildman–Crippen MR) is 87.9 cm³/mol. The highest BCUT2D eigenvalue weighted by molar-refractivity contribution is 5.75. The summed E-state index contributed by atoms with van der Waals surface area (Å²) in [5, 5.41) is 8.76. The van der Waals surface area contributed by atoms with Gasteiger partial charge in [-0.3, -0.25) is 4.79 Å². The maximum Gasteiger partial charge on any atom is 0.319 e. The van der Waals surface area contributed by atoms with E-state index in [-0.39, 0.29) is 13.2 Å². The summed E-state index contributed by atoms with van der Waals surface area (Å²) in [6.07, 6.45) is -0.509. The highest BCUT2D eigenvalue weighted by Gasteiger charge is 2.30. The normalized spacial score (nSPS) is 19.7. The standard InChI is InChI=1S/C19H17NO5/c1-22-16-8-4-14(5-9-16)19-23-11-15(12-24-19)18(21)25-17-6-2-13(10-20)3-7-17/h2-9,15,19H,11-12H2,1H3. The molecule has 0 aliphatic carbocycles. The number of rotatable bonds is 4. The second-order valence-corrected chi connectivity index (χ2v) is 5.53. The lowest BCUT2D eigenvalue weighted by atomic mass is 10.1. The average Bonchev–Trinajstić information content (AvgIpc) is 2.69. The molecule has 1 heterocycles. The van der Waals surface area contributed by atoms with Crippen molar-refractivity contribution < 1.29 is 23.7 Å². The molecule has 0 spiro atoms. The van der Waals surface area contributed by atoms with E-state index < -0.39 is 18.2 Å². The lowest BCUT2D eigenvalue weighted by molar-refractivity contribution is -0.210. The Labute approximate surface area is 145 Å². The third kappa shape index (κ3) is 4.15. The maximum atomic E-state index is 12.2. The minimum atomic E-state index is -0.509. The summed E-state index contributed by atoms with van der Waals surface area (Å²) < 4.78 is 21.7. The predicted octanol–water partition coefficient (Wildman–Crippen LogP) is 2.83. The second kappa shape index (κ2) is 7.79. The van der Waals surface area contributed by atoms with Crippen LogP contribution in [0.15, 0.2) is 48.5 Å². The highest BCUT2D eigenvalue weighted by atomic mass is 16.7. The van der Waals surface area contributed by atoms with Gasteiger partial charge in [0, 0.05) is 5.56 Å². The van der Waals surface area contributed by atoms with E-state index in [1.165, 1.54) is 0 Å². The fraction of sp³-hybridized carbons (Fsp3) is 0.263. The molecule has 0 saturated carbocycles. The number of benzene rings is 2. The summed E-state index contributed by atoms with van der Waals surface area (Å²) in [5.41, 5.74) is 1.37. The molecule has 2 aromatic carbocycles. The van der Waals surface area contributed by atoms with Crippen molar-refractivity contribution in [1.82, 2.24) is 0 Å². The van der Waals surface area contributed by atoms with Gasteiger partial charge in [-0.2, -0.15) is 5.26 Å². The van der Waals surface area contributed by atoms with Crippen LogP contribution in [0.3, 0.4) is 0 Å². The first kappa shape index (κ1) is 17.0. The largest absolute Gasteiger partial charge is 0.497 e. The van der Waals surface area contributed by atoms with Gasteiger partial charge in [-0.1, -0.05) is 12.1 Å². The van der Waals surface area contributed by atoms with E-state index in [1.54, 1.807) is 31.4 Å². The summed E-state index contributed by atoms with van der Waals surface area (Å²) in [6.45, 7) is 0.428. The number of carbonyl (C=O) groups excluding carboxylic acids is 1. The van der Waals surface area contributed by atoms with Gasteiger partial charge in [-0.25, -0.2) is 0 Å². The van der Waals surface area contributed by atoms with Crippen LogP contribution in [0, 0.1) is 17.2 Å². The molecule has 0 atom stereocenters. The molecule has 1 aliphatic rings. The molecular weight excluding hydrogens is 322 g/mol. The first-order valence-corrected chi connectivity index (χ1v) is 7.78. The molecule has 0 unspecified atom stereocenters. The molecule has 0 radical (unpaired) electrons. The van der Waals surface area contributed by atoms with E-state index in [4.69, 9.17) is 24.2 Å². The molecule has 6 heteroatoms. The lowest BCUT2D eigenvalue weighted by Crippen LogP contribution is -2.35. The number of nitrogens with zero attached hydrogens (tertiary/aromatic N) is 1. The summed E-state index contributed by atoms with van der Waals surface area (Å²) in [4.78, 5) is 12.2. The van der Waals surface area contributed by atoms with Crippen LogP contribution in [0.25, 0.3) is 0 Å². The Kier molecular flexibility index (Phi) is 5.29. The van der Waals surface area contributed by atoms with Crippen molar-refractivity contribution in [2.45, 2.75) is 6.29 Å². The van der Waals surface area contributed by atoms with Crippen molar-refractivity contribution in [2.75, 3.05) is 20.3 Å². The number of carbonyl (C=O) groups is 1. The minimum Gasteiger partial charge on any atom is -0.497 e. The molecule has 0 aromatic heterocycles. The van der Waals surface area contributed by atoms with Crippen LogP contribution in [-0.2, 0) is 14.3 Å². The lowest BCUT2D eigenvalue weighted by Gasteiger charge is -2.28. The Balaban J connectivity index is 1.53. The Morgan fingerprint density at radius 1 is 1.04 bits per heavy atom. The van der Waals surface area contributed by atoms with Gasteiger partial charge in [-0.15, -0.1) is 0 Å². The first-order valence-electron chi connectivity index (χ1n) is 7.78. The van der Waals surface area contributed by atoms with E-state index in [0.717, 1.165) is 11.3 Å². The number of hydrogen-bond donors (Lipinski definition) is 0. The third-order valence-corrected chi connectivity index (χ3v) is 3.82. The molecule has 0 N–H and O–H groups in total. The van der Waals surface area contributed by atoms with Crippen LogP contribution in [-0.4, -0.2) is 26.3 Å². The molecule has 1 aliphatic heterocycles. The zero-order valence-electron chi connectivity index (χ0n) is 13.7. The van der Waals surface area contributed by atoms with E-state index in [1.807, 2.05) is 30.3 Å². The molecule has 2 aromatic rings. The van der Waals surface area contributed by atoms with E-state index >= 15 is 0 Å². The van der Waals surface area contributed by atoms with Gasteiger partial charge in [0.1, 0.15) is 17.4 Å². The first-order chi connectivity index (χ1) is 12.2. The van der Waals surface area contributed by atoms with Crippen LogP contribution in [0.5, 0.6) is 11.5 Å². The number of methoxy groups -OCH3 is 1. The van der Waals surface area contributed by atoms with Gasteiger partial charge < -0.3 is 18.9 Å². The zero-order chi connectivity index (χ0) is 17.6. The molecule has 0 amide bonds. The Morgan fingerprint density at radius 2 is 1.64 bits per heavy atom. The summed E-state index contributed by atoms with van der Waals surface area (Å²) in [6, 6.07) is 15.7. The molecular formula is C19H17NO5. The Hall–Kier alpha value is -2.88. The van der Waals surface area contributed by atoms with Gasteiger partial charge in [-0.05, 0) is 36.4 Å². The van der Waals surface area contributed by atoms with Crippen molar-refractivity contribution in [2.24, 2.45) is 5.92 Å². The Bertz CT molecular complexity index is 756. The Morgan fingerprint density at radius 3 is 2.20 bits per heavy atom. The molecule has 25 heavy (non-hydrogen) atoms. The molecule has 1 fully saturated rings. The van der Waals surface area contributed by atoms with E-state index in [9.17, 15) is 4.79 Å². The van der Waals surface area contributed by atoms with Gasteiger partial charge >= 0.3 is 5.97 Å².